The third kappa shape index (κ3) is 2.43. The van der Waals surface area contributed by atoms with Gasteiger partial charge in [0.1, 0.15) is 24.0 Å². The molecular formula is C15H10BrNO3. The van der Waals surface area contributed by atoms with Gasteiger partial charge in [-0.05, 0) is 45.8 Å². The molecule has 3 rings (SSSR count). The summed E-state index contributed by atoms with van der Waals surface area (Å²) in [5.74, 6) is 2.02. The first-order valence-electron chi connectivity index (χ1n) is 5.98. The topological polar surface area (TPSA) is 51.5 Å². The summed E-state index contributed by atoms with van der Waals surface area (Å²) in [5, 5.41) is 9.13. The zero-order valence-corrected chi connectivity index (χ0v) is 12.0. The van der Waals surface area contributed by atoms with Crippen molar-refractivity contribution in [1.29, 1.82) is 5.26 Å². The molecule has 2 aromatic carbocycles. The predicted molar refractivity (Wildman–Crippen MR) is 75.8 cm³/mol. The van der Waals surface area contributed by atoms with E-state index in [-0.39, 0.29) is 6.79 Å². The van der Waals surface area contributed by atoms with Crippen molar-refractivity contribution in [1.82, 2.24) is 0 Å². The van der Waals surface area contributed by atoms with E-state index in [0.29, 0.717) is 17.9 Å². The monoisotopic (exact) mass is 331 g/mol. The van der Waals surface area contributed by atoms with Gasteiger partial charge >= 0.3 is 0 Å². The molecule has 20 heavy (non-hydrogen) atoms. The zero-order chi connectivity index (χ0) is 13.9. The second-order valence-corrected chi connectivity index (χ2v) is 5.06. The van der Waals surface area contributed by atoms with Crippen molar-refractivity contribution in [2.45, 2.75) is 6.61 Å². The highest BCUT2D eigenvalue weighted by Crippen LogP contribution is 2.33. The third-order valence-corrected chi connectivity index (χ3v) is 3.58. The summed E-state index contributed by atoms with van der Waals surface area (Å²) in [7, 11) is 0. The highest BCUT2D eigenvalue weighted by Gasteiger charge is 2.14. The minimum Gasteiger partial charge on any atom is -0.487 e. The predicted octanol–water partition coefficient (Wildman–Crippen LogP) is 3.63. The molecule has 0 N–H and O–H groups in total. The van der Waals surface area contributed by atoms with Crippen LogP contribution in [0, 0.1) is 11.3 Å². The van der Waals surface area contributed by atoms with E-state index in [1.807, 2.05) is 30.3 Å². The van der Waals surface area contributed by atoms with Gasteiger partial charge in [-0.15, -0.1) is 0 Å². The molecule has 0 atom stereocenters. The SMILES string of the molecule is N#Cc1c(Br)cccc1OCc1ccc2c(c1)OCO2. The zero-order valence-electron chi connectivity index (χ0n) is 10.4. The van der Waals surface area contributed by atoms with Crippen molar-refractivity contribution in [2.75, 3.05) is 6.79 Å². The van der Waals surface area contributed by atoms with Crippen LogP contribution in [0.4, 0.5) is 0 Å². The van der Waals surface area contributed by atoms with Crippen LogP contribution in [0.3, 0.4) is 0 Å². The molecule has 0 bridgehead atoms. The molecule has 100 valence electrons. The van der Waals surface area contributed by atoms with Gasteiger partial charge in [0.2, 0.25) is 6.79 Å². The van der Waals surface area contributed by atoms with Gasteiger partial charge in [0, 0.05) is 4.47 Å². The molecule has 5 heteroatoms. The highest BCUT2D eigenvalue weighted by atomic mass is 79.9. The van der Waals surface area contributed by atoms with Gasteiger partial charge < -0.3 is 14.2 Å². The Bertz CT molecular complexity index is 694. The summed E-state index contributed by atoms with van der Waals surface area (Å²) in [6, 6.07) is 13.2. The fourth-order valence-electron chi connectivity index (χ4n) is 1.92. The fourth-order valence-corrected chi connectivity index (χ4v) is 2.36. The number of hydrogen-bond donors (Lipinski definition) is 0. The maximum absolute atomic E-state index is 9.13. The maximum atomic E-state index is 9.13. The lowest BCUT2D eigenvalue weighted by Crippen LogP contribution is -1.97. The van der Waals surface area contributed by atoms with E-state index in [1.165, 1.54) is 0 Å². The molecule has 0 radical (unpaired) electrons. The summed E-state index contributed by atoms with van der Waals surface area (Å²) >= 11 is 3.34. The van der Waals surface area contributed by atoms with E-state index < -0.39 is 0 Å². The molecular weight excluding hydrogens is 322 g/mol. The van der Waals surface area contributed by atoms with Gasteiger partial charge in [-0.3, -0.25) is 0 Å². The maximum Gasteiger partial charge on any atom is 0.231 e. The average Bonchev–Trinajstić information content (AvgIpc) is 2.92. The quantitative estimate of drug-likeness (QED) is 0.861. The van der Waals surface area contributed by atoms with Gasteiger partial charge in [0.25, 0.3) is 0 Å². The van der Waals surface area contributed by atoms with E-state index in [1.54, 1.807) is 6.07 Å². The van der Waals surface area contributed by atoms with Gasteiger partial charge in [0.15, 0.2) is 11.5 Å². The van der Waals surface area contributed by atoms with Crippen molar-refractivity contribution >= 4 is 15.9 Å². The van der Waals surface area contributed by atoms with E-state index in [4.69, 9.17) is 19.5 Å². The second-order valence-electron chi connectivity index (χ2n) is 4.20. The Morgan fingerprint density at radius 2 is 2.05 bits per heavy atom. The van der Waals surface area contributed by atoms with Crippen LogP contribution >= 0.6 is 15.9 Å². The minimum atomic E-state index is 0.254. The molecule has 1 aliphatic heterocycles. The van der Waals surface area contributed by atoms with Crippen LogP contribution in [-0.4, -0.2) is 6.79 Å². The Hall–Kier alpha value is -2.19. The summed E-state index contributed by atoms with van der Waals surface area (Å²) in [5.41, 5.74) is 1.45. The van der Waals surface area contributed by atoms with Crippen LogP contribution < -0.4 is 14.2 Å². The van der Waals surface area contributed by atoms with E-state index in [2.05, 4.69) is 22.0 Å². The average molecular weight is 332 g/mol. The number of rotatable bonds is 3. The lowest BCUT2D eigenvalue weighted by molar-refractivity contribution is 0.174. The second kappa shape index (κ2) is 5.43. The Morgan fingerprint density at radius 1 is 1.20 bits per heavy atom. The van der Waals surface area contributed by atoms with Crippen molar-refractivity contribution in [2.24, 2.45) is 0 Å². The van der Waals surface area contributed by atoms with Gasteiger partial charge in [-0.25, -0.2) is 0 Å². The lowest BCUT2D eigenvalue weighted by Gasteiger charge is -2.09. The van der Waals surface area contributed by atoms with Crippen molar-refractivity contribution < 1.29 is 14.2 Å². The summed E-state index contributed by atoms with van der Waals surface area (Å²) < 4.78 is 17.0. The third-order valence-electron chi connectivity index (χ3n) is 2.92. The van der Waals surface area contributed by atoms with Crippen molar-refractivity contribution in [3.8, 4) is 23.3 Å². The molecule has 2 aromatic rings. The summed E-state index contributed by atoms with van der Waals surface area (Å²) in [4.78, 5) is 0. The van der Waals surface area contributed by atoms with Crippen LogP contribution in [0.25, 0.3) is 0 Å². The van der Waals surface area contributed by atoms with Gasteiger partial charge in [-0.2, -0.15) is 5.26 Å². The van der Waals surface area contributed by atoms with Gasteiger partial charge in [0.05, 0.1) is 0 Å². The van der Waals surface area contributed by atoms with Crippen LogP contribution in [0.15, 0.2) is 40.9 Å². The van der Waals surface area contributed by atoms with Crippen LogP contribution in [0.2, 0.25) is 0 Å². The number of nitrogens with zero attached hydrogens (tertiary/aromatic N) is 1. The first kappa shape index (κ1) is 12.8. The smallest absolute Gasteiger partial charge is 0.231 e. The first-order chi connectivity index (χ1) is 9.78. The number of fused-ring (bicyclic) bond motifs is 1. The van der Waals surface area contributed by atoms with Crippen LogP contribution in [-0.2, 0) is 6.61 Å². The molecule has 1 heterocycles. The van der Waals surface area contributed by atoms with Crippen molar-refractivity contribution in [3.63, 3.8) is 0 Å². The van der Waals surface area contributed by atoms with Crippen LogP contribution in [0.1, 0.15) is 11.1 Å². The largest absolute Gasteiger partial charge is 0.487 e. The molecule has 0 saturated carbocycles. The minimum absolute atomic E-state index is 0.254. The van der Waals surface area contributed by atoms with E-state index in [9.17, 15) is 0 Å². The van der Waals surface area contributed by atoms with Crippen LogP contribution in [0.5, 0.6) is 17.2 Å². The molecule has 0 spiro atoms. The molecule has 0 unspecified atom stereocenters. The molecule has 0 aliphatic carbocycles. The summed E-state index contributed by atoms with van der Waals surface area (Å²) in [6.07, 6.45) is 0. The normalized spacial score (nSPS) is 12.0. The molecule has 0 aromatic heterocycles. The molecule has 0 fully saturated rings. The standard InChI is InChI=1S/C15H10BrNO3/c16-12-2-1-3-13(11(12)7-17)18-8-10-4-5-14-15(6-10)20-9-19-14/h1-6H,8-9H2. The lowest BCUT2D eigenvalue weighted by atomic mass is 10.2. The highest BCUT2D eigenvalue weighted by molar-refractivity contribution is 9.10. The van der Waals surface area contributed by atoms with E-state index in [0.717, 1.165) is 21.5 Å². The molecule has 0 saturated heterocycles. The molecule has 1 aliphatic rings. The Morgan fingerprint density at radius 3 is 2.90 bits per heavy atom. The fraction of sp³-hybridized carbons (Fsp3) is 0.133. The number of nitriles is 1. The molecule has 0 amide bonds. The number of benzene rings is 2. The summed E-state index contributed by atoms with van der Waals surface area (Å²) in [6.45, 7) is 0.617. The number of ether oxygens (including phenoxy) is 3. The van der Waals surface area contributed by atoms with Crippen molar-refractivity contribution in [3.05, 3.63) is 52.0 Å². The Kier molecular flexibility index (Phi) is 3.48. The Balaban J connectivity index is 1.77. The number of hydrogen-bond acceptors (Lipinski definition) is 4. The van der Waals surface area contributed by atoms with Gasteiger partial charge in [-0.1, -0.05) is 12.1 Å². The molecule has 4 nitrogen and oxygen atoms in total. The van der Waals surface area contributed by atoms with E-state index >= 15 is 0 Å². The first-order valence-corrected chi connectivity index (χ1v) is 6.77. The Labute approximate surface area is 124 Å². The number of halogens is 1.